The molecule has 1 aliphatic heterocycles. The Morgan fingerprint density at radius 2 is 1.54 bits per heavy atom. The van der Waals surface area contributed by atoms with E-state index in [9.17, 15) is 8.42 Å². The Kier molecular flexibility index (Phi) is 5.11. The summed E-state index contributed by atoms with van der Waals surface area (Å²) in [6.45, 7) is 6.86. The summed E-state index contributed by atoms with van der Waals surface area (Å²) >= 11 is 0. The van der Waals surface area contributed by atoms with E-state index in [2.05, 4.69) is 35.4 Å². The largest absolute Gasteiger partial charge is 0.346 e. The van der Waals surface area contributed by atoms with Crippen molar-refractivity contribution in [2.45, 2.75) is 37.6 Å². The number of aryl methyl sites for hydroxylation is 2. The zero-order valence-corrected chi connectivity index (χ0v) is 15.3. The van der Waals surface area contributed by atoms with Crippen molar-refractivity contribution in [2.75, 3.05) is 25.4 Å². The van der Waals surface area contributed by atoms with Crippen LogP contribution in [-0.4, -0.2) is 43.3 Å². The number of nitrogens with zero attached hydrogens (tertiary/aromatic N) is 2. The zero-order valence-electron chi connectivity index (χ0n) is 14.5. The fraction of sp³-hybridized carbons (Fsp3) is 0.474. The van der Waals surface area contributed by atoms with E-state index < -0.39 is 9.84 Å². The molecule has 1 aromatic carbocycles. The van der Waals surface area contributed by atoms with E-state index >= 15 is 0 Å². The van der Waals surface area contributed by atoms with E-state index in [1.165, 1.54) is 11.4 Å². The quantitative estimate of drug-likeness (QED) is 0.835. The Morgan fingerprint density at radius 3 is 2.12 bits per heavy atom. The van der Waals surface area contributed by atoms with Crippen LogP contribution in [0.3, 0.4) is 0 Å². The van der Waals surface area contributed by atoms with Gasteiger partial charge in [-0.1, -0.05) is 18.2 Å². The van der Waals surface area contributed by atoms with Gasteiger partial charge >= 0.3 is 0 Å². The Bertz CT molecular complexity index is 753. The van der Waals surface area contributed by atoms with Gasteiger partial charge in [-0.05, 0) is 51.0 Å². The van der Waals surface area contributed by atoms with Crippen molar-refractivity contribution in [3.05, 3.63) is 53.9 Å². The topological polar surface area (TPSA) is 42.3 Å². The molecule has 1 aromatic heterocycles. The molecule has 0 amide bonds. The van der Waals surface area contributed by atoms with E-state index in [1.54, 1.807) is 24.3 Å². The molecule has 1 aliphatic rings. The van der Waals surface area contributed by atoms with Crippen molar-refractivity contribution in [2.24, 2.45) is 0 Å². The molecule has 2 heterocycles. The molecule has 130 valence electrons. The number of piperidine rings is 1. The third-order valence-electron chi connectivity index (χ3n) is 5.03. The fourth-order valence-electron chi connectivity index (χ4n) is 3.65. The van der Waals surface area contributed by atoms with Gasteiger partial charge in [-0.15, -0.1) is 0 Å². The highest BCUT2D eigenvalue weighted by molar-refractivity contribution is 7.91. The first kappa shape index (κ1) is 17.2. The van der Waals surface area contributed by atoms with Crippen molar-refractivity contribution < 1.29 is 8.42 Å². The second-order valence-corrected chi connectivity index (χ2v) is 8.80. The lowest BCUT2D eigenvalue weighted by atomic mass is 10.0. The standard InChI is InChI=1S/C19H26N2O2S/c1-16-8-9-17(2)21(16)18-10-12-20(13-11-18)14-15-24(22,23)19-6-4-3-5-7-19/h3-9,18H,10-15H2,1-2H3. The highest BCUT2D eigenvalue weighted by Gasteiger charge is 2.23. The van der Waals surface area contributed by atoms with Gasteiger partial charge in [0.1, 0.15) is 0 Å². The van der Waals surface area contributed by atoms with Crippen molar-refractivity contribution in [3.8, 4) is 0 Å². The minimum Gasteiger partial charge on any atom is -0.346 e. The number of hydrogen-bond acceptors (Lipinski definition) is 3. The number of sulfone groups is 1. The normalized spacial score (nSPS) is 17.2. The molecule has 0 radical (unpaired) electrons. The first-order valence-electron chi connectivity index (χ1n) is 8.62. The van der Waals surface area contributed by atoms with Gasteiger partial charge in [-0.25, -0.2) is 8.42 Å². The summed E-state index contributed by atoms with van der Waals surface area (Å²) in [5, 5.41) is 0. The molecule has 4 nitrogen and oxygen atoms in total. The van der Waals surface area contributed by atoms with Crippen LogP contribution in [0.1, 0.15) is 30.3 Å². The predicted molar refractivity (Wildman–Crippen MR) is 97.1 cm³/mol. The molecule has 0 saturated carbocycles. The lowest BCUT2D eigenvalue weighted by Crippen LogP contribution is -2.37. The summed E-state index contributed by atoms with van der Waals surface area (Å²) in [6, 6.07) is 13.7. The van der Waals surface area contributed by atoms with Gasteiger partial charge in [-0.2, -0.15) is 0 Å². The summed E-state index contributed by atoms with van der Waals surface area (Å²) < 4.78 is 27.2. The second-order valence-electron chi connectivity index (χ2n) is 6.69. The van der Waals surface area contributed by atoms with Crippen LogP contribution in [0.15, 0.2) is 47.4 Å². The van der Waals surface area contributed by atoms with Crippen LogP contribution in [0, 0.1) is 13.8 Å². The molecule has 0 spiro atoms. The Morgan fingerprint density at radius 1 is 0.958 bits per heavy atom. The van der Waals surface area contributed by atoms with Gasteiger partial charge in [0.2, 0.25) is 0 Å². The summed E-state index contributed by atoms with van der Waals surface area (Å²) in [6.07, 6.45) is 2.17. The number of likely N-dealkylation sites (tertiary alicyclic amines) is 1. The molecule has 24 heavy (non-hydrogen) atoms. The third-order valence-corrected chi connectivity index (χ3v) is 6.74. The molecule has 0 aliphatic carbocycles. The molecule has 3 rings (SSSR count). The highest BCUT2D eigenvalue weighted by atomic mass is 32.2. The average Bonchev–Trinajstić information content (AvgIpc) is 2.93. The monoisotopic (exact) mass is 346 g/mol. The lowest BCUT2D eigenvalue weighted by Gasteiger charge is -2.34. The lowest BCUT2D eigenvalue weighted by molar-refractivity contribution is 0.193. The summed E-state index contributed by atoms with van der Waals surface area (Å²) in [5.74, 6) is 0.198. The first-order valence-corrected chi connectivity index (χ1v) is 10.3. The third kappa shape index (κ3) is 3.73. The number of hydrogen-bond donors (Lipinski definition) is 0. The highest BCUT2D eigenvalue weighted by Crippen LogP contribution is 2.26. The molecule has 1 saturated heterocycles. The molecule has 0 N–H and O–H groups in total. The average molecular weight is 346 g/mol. The van der Waals surface area contributed by atoms with E-state index in [0.717, 1.165) is 25.9 Å². The second kappa shape index (κ2) is 7.11. The van der Waals surface area contributed by atoms with E-state index in [0.29, 0.717) is 17.5 Å². The van der Waals surface area contributed by atoms with Gasteiger partial charge < -0.3 is 9.47 Å². The Labute approximate surface area is 145 Å². The van der Waals surface area contributed by atoms with Crippen LogP contribution < -0.4 is 0 Å². The van der Waals surface area contributed by atoms with Gasteiger partial charge in [-0.3, -0.25) is 0 Å². The smallest absolute Gasteiger partial charge is 0.179 e. The molecule has 5 heteroatoms. The molecule has 0 bridgehead atoms. The van der Waals surface area contributed by atoms with Crippen molar-refractivity contribution in [1.82, 2.24) is 9.47 Å². The number of rotatable bonds is 5. The fourth-order valence-corrected chi connectivity index (χ4v) is 4.96. The Hall–Kier alpha value is -1.59. The van der Waals surface area contributed by atoms with Crippen LogP contribution in [0.2, 0.25) is 0 Å². The molecule has 2 aromatic rings. The summed E-state index contributed by atoms with van der Waals surface area (Å²) in [4.78, 5) is 2.71. The zero-order chi connectivity index (χ0) is 17.2. The van der Waals surface area contributed by atoms with Gasteiger partial charge in [0.25, 0.3) is 0 Å². The van der Waals surface area contributed by atoms with Crippen molar-refractivity contribution >= 4 is 9.84 Å². The van der Waals surface area contributed by atoms with Crippen LogP contribution in [-0.2, 0) is 9.84 Å². The molecule has 0 atom stereocenters. The van der Waals surface area contributed by atoms with Gasteiger partial charge in [0.05, 0.1) is 10.6 Å². The molecule has 1 fully saturated rings. The van der Waals surface area contributed by atoms with Crippen LogP contribution in [0.25, 0.3) is 0 Å². The van der Waals surface area contributed by atoms with Gasteiger partial charge in [0.15, 0.2) is 9.84 Å². The number of aromatic nitrogens is 1. The van der Waals surface area contributed by atoms with E-state index in [-0.39, 0.29) is 5.75 Å². The van der Waals surface area contributed by atoms with E-state index in [1.807, 2.05) is 6.07 Å². The predicted octanol–water partition coefficient (Wildman–Crippen LogP) is 3.22. The van der Waals surface area contributed by atoms with Gasteiger partial charge in [0, 0.05) is 37.1 Å². The number of benzene rings is 1. The maximum Gasteiger partial charge on any atom is 0.179 e. The van der Waals surface area contributed by atoms with E-state index in [4.69, 9.17) is 0 Å². The minimum atomic E-state index is -3.18. The van der Waals surface area contributed by atoms with Crippen LogP contribution >= 0.6 is 0 Å². The van der Waals surface area contributed by atoms with Crippen LogP contribution in [0.4, 0.5) is 0 Å². The maximum atomic E-state index is 12.4. The van der Waals surface area contributed by atoms with Crippen molar-refractivity contribution in [1.29, 1.82) is 0 Å². The Balaban J connectivity index is 1.55. The summed E-state index contributed by atoms with van der Waals surface area (Å²) in [5.41, 5.74) is 2.63. The molecule has 0 unspecified atom stereocenters. The maximum absolute atomic E-state index is 12.4. The minimum absolute atomic E-state index is 0.198. The molecular formula is C19H26N2O2S. The summed E-state index contributed by atoms with van der Waals surface area (Å²) in [7, 11) is -3.18. The van der Waals surface area contributed by atoms with Crippen LogP contribution in [0.5, 0.6) is 0 Å². The SMILES string of the molecule is Cc1ccc(C)n1C1CCN(CCS(=O)(=O)c2ccccc2)CC1. The first-order chi connectivity index (χ1) is 11.5. The van der Waals surface area contributed by atoms with Crippen molar-refractivity contribution in [3.63, 3.8) is 0 Å². The molecular weight excluding hydrogens is 320 g/mol.